The zero-order chi connectivity index (χ0) is 15.8. The molecule has 0 bridgehead atoms. The lowest BCUT2D eigenvalue weighted by atomic mass is 9.90. The van der Waals surface area contributed by atoms with Crippen LogP contribution in [0.3, 0.4) is 0 Å². The number of ether oxygens (including phenoxy) is 1. The van der Waals surface area contributed by atoms with Gasteiger partial charge in [-0.3, -0.25) is 4.90 Å². The number of aryl methyl sites for hydroxylation is 2. The van der Waals surface area contributed by atoms with Crippen LogP contribution < -0.4 is 0 Å². The second-order valence-electron chi connectivity index (χ2n) is 6.51. The molecule has 0 spiro atoms. The molecule has 2 aliphatic heterocycles. The maximum absolute atomic E-state index is 5.95. The number of fused-ring (bicyclic) bond motifs is 1. The largest absolute Gasteiger partial charge is 0.465 e. The Morgan fingerprint density at radius 1 is 1.22 bits per heavy atom. The monoisotopic (exact) mass is 317 g/mol. The lowest BCUT2D eigenvalue weighted by Gasteiger charge is -2.39. The Hall–Kier alpha value is -1.66. The van der Waals surface area contributed by atoms with E-state index in [0.717, 1.165) is 56.4 Å². The van der Waals surface area contributed by atoms with Crippen LogP contribution in [0.15, 0.2) is 21.0 Å². The van der Waals surface area contributed by atoms with Crippen LogP contribution >= 0.6 is 0 Å². The van der Waals surface area contributed by atoms with Crippen LogP contribution in [0.2, 0.25) is 0 Å². The number of nitrogens with zero attached hydrogens (tertiary/aromatic N) is 3. The average Bonchev–Trinajstić information content (AvgIpc) is 3.26. The summed E-state index contributed by atoms with van der Waals surface area (Å²) in [5, 5.41) is 8.20. The molecule has 0 saturated carbocycles. The summed E-state index contributed by atoms with van der Waals surface area (Å²) in [6.07, 6.45) is 3.23. The first kappa shape index (κ1) is 14.9. The van der Waals surface area contributed by atoms with Crippen LogP contribution in [0.1, 0.15) is 49.0 Å². The molecule has 3 atom stereocenters. The van der Waals surface area contributed by atoms with Crippen molar-refractivity contribution >= 4 is 0 Å². The molecule has 2 aliphatic rings. The van der Waals surface area contributed by atoms with Gasteiger partial charge in [-0.05, 0) is 25.0 Å². The SMILES string of the molecule is CCc1ccc(CN2C[C@H](c3nnc(C)o3)C[C@H]3OCC[C@H]32)o1. The molecule has 0 N–H and O–H groups in total. The summed E-state index contributed by atoms with van der Waals surface area (Å²) in [6, 6.07) is 4.62. The first-order chi connectivity index (χ1) is 11.2. The van der Waals surface area contributed by atoms with Gasteiger partial charge in [0.15, 0.2) is 0 Å². The van der Waals surface area contributed by atoms with E-state index in [2.05, 4.69) is 34.2 Å². The third kappa shape index (κ3) is 2.93. The molecule has 0 aliphatic carbocycles. The molecule has 23 heavy (non-hydrogen) atoms. The van der Waals surface area contributed by atoms with Crippen LogP contribution in [-0.4, -0.2) is 40.4 Å². The molecule has 0 radical (unpaired) electrons. The van der Waals surface area contributed by atoms with Gasteiger partial charge in [0.1, 0.15) is 11.5 Å². The summed E-state index contributed by atoms with van der Waals surface area (Å²) in [4.78, 5) is 2.46. The number of likely N-dealkylation sites (tertiary alicyclic amines) is 1. The number of aromatic nitrogens is 2. The van der Waals surface area contributed by atoms with Crippen molar-refractivity contribution in [2.45, 2.75) is 57.7 Å². The third-order valence-corrected chi connectivity index (χ3v) is 4.93. The average molecular weight is 317 g/mol. The molecule has 124 valence electrons. The van der Waals surface area contributed by atoms with Crippen LogP contribution in [0, 0.1) is 6.92 Å². The van der Waals surface area contributed by atoms with E-state index >= 15 is 0 Å². The quantitative estimate of drug-likeness (QED) is 0.864. The normalized spacial score (nSPS) is 28.2. The van der Waals surface area contributed by atoms with Crippen LogP contribution in [0.4, 0.5) is 0 Å². The Kier molecular flexibility index (Phi) is 3.95. The van der Waals surface area contributed by atoms with Crippen LogP contribution in [0.25, 0.3) is 0 Å². The number of rotatable bonds is 4. The van der Waals surface area contributed by atoms with Gasteiger partial charge in [-0.2, -0.15) is 0 Å². The smallest absolute Gasteiger partial charge is 0.220 e. The number of hydrogen-bond acceptors (Lipinski definition) is 6. The predicted molar refractivity (Wildman–Crippen MR) is 83.0 cm³/mol. The van der Waals surface area contributed by atoms with E-state index in [9.17, 15) is 0 Å². The van der Waals surface area contributed by atoms with Gasteiger partial charge in [-0.15, -0.1) is 10.2 Å². The van der Waals surface area contributed by atoms with Crippen molar-refractivity contribution in [3.05, 3.63) is 35.4 Å². The Morgan fingerprint density at radius 3 is 2.83 bits per heavy atom. The van der Waals surface area contributed by atoms with E-state index in [4.69, 9.17) is 13.6 Å². The molecular formula is C17H23N3O3. The van der Waals surface area contributed by atoms with Gasteiger partial charge in [-0.1, -0.05) is 6.92 Å². The highest BCUT2D eigenvalue weighted by molar-refractivity contribution is 5.09. The zero-order valence-corrected chi connectivity index (χ0v) is 13.7. The minimum atomic E-state index is 0.233. The highest BCUT2D eigenvalue weighted by Gasteiger charge is 2.42. The minimum absolute atomic E-state index is 0.233. The highest BCUT2D eigenvalue weighted by Crippen LogP contribution is 2.36. The van der Waals surface area contributed by atoms with Gasteiger partial charge in [0.2, 0.25) is 11.8 Å². The van der Waals surface area contributed by atoms with Crippen molar-refractivity contribution in [2.24, 2.45) is 0 Å². The van der Waals surface area contributed by atoms with E-state index in [1.807, 2.05) is 6.92 Å². The second-order valence-corrected chi connectivity index (χ2v) is 6.51. The molecule has 0 aromatic carbocycles. The molecule has 0 amide bonds. The van der Waals surface area contributed by atoms with Crippen molar-refractivity contribution in [3.8, 4) is 0 Å². The molecule has 4 rings (SSSR count). The van der Waals surface area contributed by atoms with Crippen molar-refractivity contribution in [1.82, 2.24) is 15.1 Å². The summed E-state index contributed by atoms with van der Waals surface area (Å²) < 4.78 is 17.5. The fourth-order valence-corrected chi connectivity index (χ4v) is 3.79. The first-order valence-electron chi connectivity index (χ1n) is 8.46. The fraction of sp³-hybridized carbons (Fsp3) is 0.647. The molecule has 0 unspecified atom stereocenters. The molecule has 2 fully saturated rings. The van der Waals surface area contributed by atoms with E-state index in [-0.39, 0.29) is 12.0 Å². The lowest BCUT2D eigenvalue weighted by Crippen LogP contribution is -2.48. The van der Waals surface area contributed by atoms with E-state index in [1.165, 1.54) is 0 Å². The fourth-order valence-electron chi connectivity index (χ4n) is 3.79. The summed E-state index contributed by atoms with van der Waals surface area (Å²) in [5.41, 5.74) is 0. The van der Waals surface area contributed by atoms with Gasteiger partial charge in [-0.25, -0.2) is 0 Å². The van der Waals surface area contributed by atoms with Crippen molar-refractivity contribution < 1.29 is 13.6 Å². The number of hydrogen-bond donors (Lipinski definition) is 0. The van der Waals surface area contributed by atoms with Gasteiger partial charge in [0.25, 0.3) is 0 Å². The van der Waals surface area contributed by atoms with E-state index < -0.39 is 0 Å². The lowest BCUT2D eigenvalue weighted by molar-refractivity contribution is 0.00667. The Labute approximate surface area is 135 Å². The predicted octanol–water partition coefficient (Wildman–Crippen LogP) is 2.68. The van der Waals surface area contributed by atoms with E-state index in [1.54, 1.807) is 0 Å². The Morgan fingerprint density at radius 2 is 2.09 bits per heavy atom. The Balaban J connectivity index is 1.53. The summed E-state index contributed by atoms with van der Waals surface area (Å²) in [5.74, 6) is 3.65. The molecule has 2 aromatic rings. The molecule has 6 nitrogen and oxygen atoms in total. The molecule has 4 heterocycles. The van der Waals surface area contributed by atoms with Gasteiger partial charge >= 0.3 is 0 Å². The Bertz CT molecular complexity index is 666. The van der Waals surface area contributed by atoms with Gasteiger partial charge in [0.05, 0.1) is 18.6 Å². The summed E-state index contributed by atoms with van der Waals surface area (Å²) in [7, 11) is 0. The van der Waals surface area contributed by atoms with Gasteiger partial charge in [0, 0.05) is 32.5 Å². The number of piperidine rings is 1. The highest BCUT2D eigenvalue weighted by atomic mass is 16.5. The molecule has 2 aromatic heterocycles. The van der Waals surface area contributed by atoms with Crippen molar-refractivity contribution in [2.75, 3.05) is 13.2 Å². The number of furan rings is 1. The maximum atomic E-state index is 5.95. The summed E-state index contributed by atoms with van der Waals surface area (Å²) >= 11 is 0. The third-order valence-electron chi connectivity index (χ3n) is 4.93. The summed E-state index contributed by atoms with van der Waals surface area (Å²) in [6.45, 7) is 6.50. The first-order valence-corrected chi connectivity index (χ1v) is 8.46. The van der Waals surface area contributed by atoms with Crippen molar-refractivity contribution in [1.29, 1.82) is 0 Å². The maximum Gasteiger partial charge on any atom is 0.220 e. The minimum Gasteiger partial charge on any atom is -0.465 e. The zero-order valence-electron chi connectivity index (χ0n) is 13.7. The van der Waals surface area contributed by atoms with E-state index in [0.29, 0.717) is 11.9 Å². The van der Waals surface area contributed by atoms with Crippen molar-refractivity contribution in [3.63, 3.8) is 0 Å². The molecular weight excluding hydrogens is 294 g/mol. The topological polar surface area (TPSA) is 64.5 Å². The standard InChI is InChI=1S/C17H23N3O3/c1-3-13-4-5-14(23-13)10-20-9-12(17-19-18-11(2)22-17)8-16-15(20)6-7-21-16/h4-5,12,15-16H,3,6-10H2,1-2H3/t12-,15-,16-/m1/s1. The second kappa shape index (κ2) is 6.09. The van der Waals surface area contributed by atoms with Crippen LogP contribution in [0.5, 0.6) is 0 Å². The van der Waals surface area contributed by atoms with Crippen LogP contribution in [-0.2, 0) is 17.7 Å². The molecule has 6 heteroatoms. The van der Waals surface area contributed by atoms with Gasteiger partial charge < -0.3 is 13.6 Å². The molecule has 2 saturated heterocycles.